The van der Waals surface area contributed by atoms with E-state index in [4.69, 9.17) is 0 Å². The first-order valence-corrected chi connectivity index (χ1v) is 9.92. The van der Waals surface area contributed by atoms with Crippen molar-refractivity contribution in [2.24, 2.45) is 5.92 Å². The van der Waals surface area contributed by atoms with Crippen LogP contribution in [0.2, 0.25) is 0 Å². The molecule has 1 unspecified atom stereocenters. The van der Waals surface area contributed by atoms with Crippen molar-refractivity contribution in [2.75, 3.05) is 13.1 Å². The molecule has 160 valence electrons. The second-order valence-corrected chi connectivity index (χ2v) is 8.33. The molecule has 1 aliphatic heterocycles. The molecule has 1 heterocycles. The van der Waals surface area contributed by atoms with Crippen molar-refractivity contribution in [3.63, 3.8) is 0 Å². The number of carbonyl (C=O) groups excluding carboxylic acids is 2. The molecule has 4 rings (SSSR count). The van der Waals surface area contributed by atoms with Crippen LogP contribution in [-0.4, -0.2) is 44.9 Å². The van der Waals surface area contributed by atoms with Crippen LogP contribution in [0.25, 0.3) is 0 Å². The lowest BCUT2D eigenvalue weighted by Crippen LogP contribution is -2.75. The van der Waals surface area contributed by atoms with Crippen LogP contribution >= 0.6 is 0 Å². The van der Waals surface area contributed by atoms with Gasteiger partial charge < -0.3 is 4.79 Å². The van der Waals surface area contributed by atoms with E-state index in [1.807, 2.05) is 30.3 Å². The number of Topliss-reactive ketones (excluding diaryl/α,β-unsaturated/α-hetero) is 2. The average Bonchev–Trinajstić information content (AvgIpc) is 2.73. The van der Waals surface area contributed by atoms with Gasteiger partial charge in [-0.3, -0.25) is 29.9 Å². The zero-order chi connectivity index (χ0) is 22.4. The third-order valence-corrected chi connectivity index (χ3v) is 6.51. The van der Waals surface area contributed by atoms with Crippen LogP contribution in [0.15, 0.2) is 54.6 Å². The molecular weight excluding hydrogens is 402 g/mol. The molecule has 1 aliphatic carbocycles. The number of carbonyl (C=O) groups is 2. The summed E-state index contributed by atoms with van der Waals surface area (Å²) in [6.07, 6.45) is -0.415. The minimum Gasteiger partial charge on any atom is -0.300 e. The first kappa shape index (κ1) is 20.8. The summed E-state index contributed by atoms with van der Waals surface area (Å²) in [7, 11) is 0. The standard InChI is InChI=1S/C22H21N3O6/c1-15(26)11-19-21(24(28)29)13-23(12-16-7-3-2-4-8-16)14-22(19,25(30)31)20(27)17-9-5-6-10-18(17)21/h2-10,19H,11-14H2,1H3/t19?,21-,22-/m0/s1. The summed E-state index contributed by atoms with van der Waals surface area (Å²) >= 11 is 0. The Morgan fingerprint density at radius 2 is 1.58 bits per heavy atom. The Bertz CT molecular complexity index is 1090. The molecule has 1 fully saturated rings. The van der Waals surface area contributed by atoms with E-state index in [1.54, 1.807) is 17.0 Å². The molecule has 9 nitrogen and oxygen atoms in total. The van der Waals surface area contributed by atoms with Crippen molar-refractivity contribution >= 4 is 11.6 Å². The Morgan fingerprint density at radius 1 is 1.00 bits per heavy atom. The van der Waals surface area contributed by atoms with Gasteiger partial charge in [-0.25, -0.2) is 0 Å². The number of likely N-dealkylation sites (tertiary alicyclic amines) is 1. The molecule has 3 atom stereocenters. The van der Waals surface area contributed by atoms with Crippen LogP contribution in [0.4, 0.5) is 0 Å². The molecule has 0 amide bonds. The molecular formula is C22H21N3O6. The summed E-state index contributed by atoms with van der Waals surface area (Å²) in [6, 6.07) is 15.1. The van der Waals surface area contributed by atoms with Crippen molar-refractivity contribution in [3.05, 3.63) is 91.5 Å². The molecule has 2 aliphatic rings. The number of hydrogen-bond acceptors (Lipinski definition) is 7. The Kier molecular flexibility index (Phi) is 4.93. The van der Waals surface area contributed by atoms with E-state index in [-0.39, 0.29) is 30.8 Å². The first-order chi connectivity index (χ1) is 14.7. The van der Waals surface area contributed by atoms with Crippen molar-refractivity contribution < 1.29 is 19.4 Å². The zero-order valence-corrected chi connectivity index (χ0v) is 16.9. The number of nitro groups is 2. The van der Waals surface area contributed by atoms with Gasteiger partial charge in [0, 0.05) is 33.9 Å². The van der Waals surface area contributed by atoms with Crippen LogP contribution in [-0.2, 0) is 16.9 Å². The summed E-state index contributed by atoms with van der Waals surface area (Å²) < 4.78 is 0. The van der Waals surface area contributed by atoms with Gasteiger partial charge in [-0.05, 0) is 12.5 Å². The van der Waals surface area contributed by atoms with Crippen LogP contribution in [0.1, 0.15) is 34.8 Å². The third kappa shape index (κ3) is 2.96. The largest absolute Gasteiger partial charge is 0.306 e. The Labute approximate surface area is 178 Å². The fourth-order valence-corrected chi connectivity index (χ4v) is 5.28. The molecule has 31 heavy (non-hydrogen) atoms. The van der Waals surface area contributed by atoms with Crippen molar-refractivity contribution in [1.82, 2.24) is 4.90 Å². The minimum absolute atomic E-state index is 0.00457. The van der Waals surface area contributed by atoms with Crippen LogP contribution in [0, 0.1) is 26.1 Å². The van der Waals surface area contributed by atoms with E-state index < -0.39 is 44.8 Å². The van der Waals surface area contributed by atoms with Gasteiger partial charge in [-0.2, -0.15) is 0 Å². The van der Waals surface area contributed by atoms with Crippen molar-refractivity contribution in [2.45, 2.75) is 31.0 Å². The highest BCUT2D eigenvalue weighted by Crippen LogP contribution is 2.53. The second-order valence-electron chi connectivity index (χ2n) is 8.33. The molecule has 2 aromatic rings. The van der Waals surface area contributed by atoms with Crippen molar-refractivity contribution in [1.29, 1.82) is 0 Å². The molecule has 0 radical (unpaired) electrons. The van der Waals surface area contributed by atoms with E-state index in [0.717, 1.165) is 5.56 Å². The summed E-state index contributed by atoms with van der Waals surface area (Å²) in [5.74, 6) is -2.57. The molecule has 0 spiro atoms. The van der Waals surface area contributed by atoms with Gasteiger partial charge >= 0.3 is 5.54 Å². The van der Waals surface area contributed by atoms with Crippen molar-refractivity contribution in [3.8, 4) is 0 Å². The molecule has 2 bridgehead atoms. The number of nitrogens with zero attached hydrogens (tertiary/aromatic N) is 3. The molecule has 0 N–H and O–H groups in total. The van der Waals surface area contributed by atoms with E-state index in [1.165, 1.54) is 19.1 Å². The normalized spacial score (nSPS) is 27.4. The number of ketones is 2. The number of rotatable bonds is 6. The summed E-state index contributed by atoms with van der Waals surface area (Å²) in [5, 5.41) is 25.1. The summed E-state index contributed by atoms with van der Waals surface area (Å²) in [6.45, 7) is 1.03. The number of piperidine rings is 1. The number of hydrogen-bond donors (Lipinski definition) is 0. The number of fused-ring (bicyclic) bond motifs is 4. The van der Waals surface area contributed by atoms with Gasteiger partial charge in [0.15, 0.2) is 0 Å². The number of benzene rings is 2. The average molecular weight is 423 g/mol. The van der Waals surface area contributed by atoms with Crippen LogP contribution in [0.5, 0.6) is 0 Å². The summed E-state index contributed by atoms with van der Waals surface area (Å²) in [4.78, 5) is 51.1. The summed E-state index contributed by atoms with van der Waals surface area (Å²) in [5.41, 5.74) is -3.26. The fourth-order valence-electron chi connectivity index (χ4n) is 5.28. The fraction of sp³-hybridized carbons (Fsp3) is 0.364. The molecule has 0 saturated carbocycles. The highest BCUT2D eigenvalue weighted by atomic mass is 16.6. The Hall–Kier alpha value is -3.46. The molecule has 9 heteroatoms. The molecule has 2 aromatic carbocycles. The predicted molar refractivity (Wildman–Crippen MR) is 110 cm³/mol. The Balaban J connectivity index is 1.97. The van der Waals surface area contributed by atoms with Gasteiger partial charge in [0.05, 0.1) is 13.1 Å². The van der Waals surface area contributed by atoms with Crippen LogP contribution in [0.3, 0.4) is 0 Å². The highest BCUT2D eigenvalue weighted by Gasteiger charge is 2.77. The lowest BCUT2D eigenvalue weighted by Gasteiger charge is -2.50. The second kappa shape index (κ2) is 7.35. The van der Waals surface area contributed by atoms with E-state index in [9.17, 15) is 29.8 Å². The van der Waals surface area contributed by atoms with Crippen LogP contribution < -0.4 is 0 Å². The predicted octanol–water partition coefficient (Wildman–Crippen LogP) is 2.48. The highest BCUT2D eigenvalue weighted by molar-refractivity contribution is 6.06. The SMILES string of the molecule is CC(=O)CC1[C@]2([N+](=O)[O-])CN(Cc3ccccc3)C[C@@]1([N+](=O)[O-])C(=O)c1ccccc12. The maximum atomic E-state index is 13.5. The quantitative estimate of drug-likeness (QED) is 0.516. The van der Waals surface area contributed by atoms with Gasteiger partial charge in [0.25, 0.3) is 5.54 Å². The topological polar surface area (TPSA) is 124 Å². The minimum atomic E-state index is -2.28. The van der Waals surface area contributed by atoms with E-state index in [0.29, 0.717) is 0 Å². The molecule has 0 aromatic heterocycles. The lowest BCUT2D eigenvalue weighted by molar-refractivity contribution is -0.640. The van der Waals surface area contributed by atoms with Gasteiger partial charge in [0.2, 0.25) is 5.78 Å². The third-order valence-electron chi connectivity index (χ3n) is 6.51. The maximum Gasteiger partial charge on any atom is 0.306 e. The van der Waals surface area contributed by atoms with E-state index >= 15 is 0 Å². The smallest absolute Gasteiger partial charge is 0.300 e. The van der Waals surface area contributed by atoms with Gasteiger partial charge in [0.1, 0.15) is 11.7 Å². The lowest BCUT2D eigenvalue weighted by atomic mass is 9.56. The van der Waals surface area contributed by atoms with Gasteiger partial charge in [-0.1, -0.05) is 54.6 Å². The maximum absolute atomic E-state index is 13.5. The molecule has 1 saturated heterocycles. The first-order valence-electron chi connectivity index (χ1n) is 9.92. The Morgan fingerprint density at radius 3 is 2.19 bits per heavy atom. The zero-order valence-electron chi connectivity index (χ0n) is 16.9. The van der Waals surface area contributed by atoms with Gasteiger partial charge in [-0.15, -0.1) is 0 Å². The van der Waals surface area contributed by atoms with E-state index in [2.05, 4.69) is 0 Å². The monoisotopic (exact) mass is 423 g/mol.